The molecule has 2 heterocycles. The summed E-state index contributed by atoms with van der Waals surface area (Å²) in [6.07, 6.45) is 5.85. The van der Waals surface area contributed by atoms with Crippen molar-refractivity contribution < 1.29 is 0 Å². The molecule has 18 heavy (non-hydrogen) atoms. The van der Waals surface area contributed by atoms with Crippen LogP contribution in [0.1, 0.15) is 38.1 Å². The summed E-state index contributed by atoms with van der Waals surface area (Å²) < 4.78 is 2.03. The maximum Gasteiger partial charge on any atom is 0.149 e. The lowest BCUT2D eigenvalue weighted by atomic mass is 10.1. The highest BCUT2D eigenvalue weighted by atomic mass is 15.3. The van der Waals surface area contributed by atoms with Crippen LogP contribution in [0.2, 0.25) is 0 Å². The molecule has 1 saturated carbocycles. The van der Waals surface area contributed by atoms with Gasteiger partial charge in [0.25, 0.3) is 0 Å². The molecule has 2 fully saturated rings. The molecular weight excluding hydrogens is 226 g/mol. The Bertz CT molecular complexity index is 398. The van der Waals surface area contributed by atoms with Crippen LogP contribution in [0.25, 0.3) is 0 Å². The molecule has 0 aromatic carbocycles. The Balaban J connectivity index is 1.52. The van der Waals surface area contributed by atoms with Crippen molar-refractivity contribution in [3.8, 4) is 0 Å². The summed E-state index contributed by atoms with van der Waals surface area (Å²) >= 11 is 0. The van der Waals surface area contributed by atoms with E-state index in [1.54, 1.807) is 6.33 Å². The van der Waals surface area contributed by atoms with Crippen LogP contribution < -0.4 is 5.32 Å². The molecule has 100 valence electrons. The summed E-state index contributed by atoms with van der Waals surface area (Å²) in [5.41, 5.74) is 0. The van der Waals surface area contributed by atoms with Crippen molar-refractivity contribution in [2.45, 2.75) is 38.3 Å². The van der Waals surface area contributed by atoms with Crippen molar-refractivity contribution in [3.63, 3.8) is 0 Å². The third-order valence-electron chi connectivity index (χ3n) is 4.26. The second kappa shape index (κ2) is 4.97. The van der Waals surface area contributed by atoms with Gasteiger partial charge >= 0.3 is 0 Å². The van der Waals surface area contributed by atoms with E-state index in [-0.39, 0.29) is 0 Å². The fourth-order valence-electron chi connectivity index (χ4n) is 2.84. The lowest BCUT2D eigenvalue weighted by Crippen LogP contribution is -2.30. The Kier molecular flexibility index (Phi) is 3.35. The minimum Gasteiger partial charge on any atom is -0.319 e. The molecule has 1 aromatic rings. The molecule has 0 bridgehead atoms. The van der Waals surface area contributed by atoms with Crippen molar-refractivity contribution >= 4 is 0 Å². The quantitative estimate of drug-likeness (QED) is 0.844. The third kappa shape index (κ3) is 2.57. The fourth-order valence-corrected chi connectivity index (χ4v) is 2.84. The van der Waals surface area contributed by atoms with Crippen LogP contribution in [0.15, 0.2) is 6.33 Å². The Morgan fingerprint density at radius 2 is 2.28 bits per heavy atom. The Hall–Kier alpha value is -0.940. The predicted octanol–water partition coefficient (Wildman–Crippen LogP) is 0.950. The zero-order valence-corrected chi connectivity index (χ0v) is 11.3. The summed E-state index contributed by atoms with van der Waals surface area (Å²) in [7, 11) is 2.02. The fraction of sp³-hybridized carbons (Fsp3) is 0.846. The maximum atomic E-state index is 4.23. The minimum atomic E-state index is 0.378. The van der Waals surface area contributed by atoms with E-state index >= 15 is 0 Å². The van der Waals surface area contributed by atoms with Gasteiger partial charge in [-0.05, 0) is 45.2 Å². The van der Waals surface area contributed by atoms with Crippen molar-refractivity contribution in [1.29, 1.82) is 0 Å². The number of rotatable bonds is 5. The van der Waals surface area contributed by atoms with E-state index in [9.17, 15) is 0 Å². The number of hydrogen-bond donors (Lipinski definition) is 1. The van der Waals surface area contributed by atoms with Crippen molar-refractivity contribution in [2.24, 2.45) is 13.0 Å². The number of hydrogen-bond acceptors (Lipinski definition) is 4. The minimum absolute atomic E-state index is 0.378. The largest absolute Gasteiger partial charge is 0.319 e. The molecule has 1 N–H and O–H groups in total. The van der Waals surface area contributed by atoms with Crippen LogP contribution in [-0.4, -0.2) is 45.3 Å². The maximum absolute atomic E-state index is 4.23. The lowest BCUT2D eigenvalue weighted by molar-refractivity contribution is 0.238. The molecule has 2 atom stereocenters. The van der Waals surface area contributed by atoms with Crippen LogP contribution in [0.3, 0.4) is 0 Å². The molecule has 1 aliphatic carbocycles. The molecule has 5 heteroatoms. The van der Waals surface area contributed by atoms with Crippen LogP contribution >= 0.6 is 0 Å². The summed E-state index contributed by atoms with van der Waals surface area (Å²) in [4.78, 5) is 2.53. The van der Waals surface area contributed by atoms with Crippen molar-refractivity contribution in [3.05, 3.63) is 12.2 Å². The van der Waals surface area contributed by atoms with Gasteiger partial charge in [0.05, 0.1) is 6.04 Å². The van der Waals surface area contributed by atoms with E-state index in [4.69, 9.17) is 0 Å². The first-order chi connectivity index (χ1) is 8.74. The summed E-state index contributed by atoms with van der Waals surface area (Å²) in [5.74, 6) is 1.88. The molecule has 0 amide bonds. The summed E-state index contributed by atoms with van der Waals surface area (Å²) in [5, 5.41) is 11.8. The van der Waals surface area contributed by atoms with E-state index in [1.165, 1.54) is 38.9 Å². The van der Waals surface area contributed by atoms with Crippen molar-refractivity contribution in [2.75, 3.05) is 19.6 Å². The first-order valence-electron chi connectivity index (χ1n) is 7.05. The van der Waals surface area contributed by atoms with Gasteiger partial charge in [0.1, 0.15) is 12.2 Å². The average molecular weight is 249 g/mol. The third-order valence-corrected chi connectivity index (χ3v) is 4.26. The average Bonchev–Trinajstić information content (AvgIpc) is 2.90. The highest BCUT2D eigenvalue weighted by Gasteiger charge is 2.30. The Morgan fingerprint density at radius 3 is 2.94 bits per heavy atom. The molecule has 0 radical (unpaired) electrons. The number of nitrogens with one attached hydrogen (secondary N) is 1. The number of likely N-dealkylation sites (tertiary alicyclic amines) is 1. The smallest absolute Gasteiger partial charge is 0.149 e. The monoisotopic (exact) mass is 249 g/mol. The van der Waals surface area contributed by atoms with Gasteiger partial charge in [0.15, 0.2) is 0 Å². The van der Waals surface area contributed by atoms with E-state index in [0.29, 0.717) is 6.04 Å². The van der Waals surface area contributed by atoms with Crippen LogP contribution in [0.5, 0.6) is 0 Å². The van der Waals surface area contributed by atoms with Crippen LogP contribution in [-0.2, 0) is 7.05 Å². The van der Waals surface area contributed by atoms with Crippen molar-refractivity contribution in [1.82, 2.24) is 25.0 Å². The van der Waals surface area contributed by atoms with Crippen LogP contribution in [0, 0.1) is 5.92 Å². The molecule has 1 aromatic heterocycles. The normalized spacial score (nSPS) is 26.7. The predicted molar refractivity (Wildman–Crippen MR) is 70.1 cm³/mol. The molecule has 0 spiro atoms. The first-order valence-corrected chi connectivity index (χ1v) is 7.05. The second-order valence-corrected chi connectivity index (χ2v) is 5.81. The molecule has 2 aliphatic rings. The van der Waals surface area contributed by atoms with Gasteiger partial charge in [0.2, 0.25) is 0 Å². The van der Waals surface area contributed by atoms with E-state index in [0.717, 1.165) is 17.8 Å². The molecule has 3 rings (SSSR count). The summed E-state index contributed by atoms with van der Waals surface area (Å²) in [6.45, 7) is 5.80. The number of nitrogens with zero attached hydrogens (tertiary/aromatic N) is 4. The molecule has 5 nitrogen and oxygen atoms in total. The zero-order valence-electron chi connectivity index (χ0n) is 11.3. The highest BCUT2D eigenvalue weighted by Crippen LogP contribution is 2.26. The van der Waals surface area contributed by atoms with Gasteiger partial charge < -0.3 is 9.88 Å². The molecule has 1 aliphatic heterocycles. The topological polar surface area (TPSA) is 46.0 Å². The second-order valence-electron chi connectivity index (χ2n) is 5.81. The van der Waals surface area contributed by atoms with Gasteiger partial charge in [-0.15, -0.1) is 10.2 Å². The molecular formula is C13H23N5. The SMILES string of the molecule is CC(c1nncn1C)N1CCC(CNC2CC2)C1. The zero-order chi connectivity index (χ0) is 12.5. The molecule has 2 unspecified atom stereocenters. The van der Waals surface area contributed by atoms with Gasteiger partial charge in [0, 0.05) is 19.6 Å². The number of aryl methyl sites for hydroxylation is 1. The summed E-state index contributed by atoms with van der Waals surface area (Å²) in [6, 6.07) is 1.21. The van der Waals surface area contributed by atoms with E-state index in [2.05, 4.69) is 27.3 Å². The van der Waals surface area contributed by atoms with Crippen LogP contribution in [0.4, 0.5) is 0 Å². The van der Waals surface area contributed by atoms with Gasteiger partial charge in [-0.1, -0.05) is 0 Å². The number of aromatic nitrogens is 3. The standard InChI is InChI=1S/C13H23N5/c1-10(13-16-15-9-17(13)2)18-6-5-11(8-18)7-14-12-3-4-12/h9-12,14H,3-8H2,1-2H3. The van der Waals surface area contributed by atoms with Gasteiger partial charge in [-0.3, -0.25) is 4.90 Å². The lowest BCUT2D eigenvalue weighted by Gasteiger charge is -2.23. The van der Waals surface area contributed by atoms with Gasteiger partial charge in [-0.2, -0.15) is 0 Å². The van der Waals surface area contributed by atoms with E-state index < -0.39 is 0 Å². The first kappa shape index (κ1) is 12.1. The van der Waals surface area contributed by atoms with E-state index in [1.807, 2.05) is 11.6 Å². The highest BCUT2D eigenvalue weighted by molar-refractivity contribution is 4.96. The Labute approximate surface area is 109 Å². The van der Waals surface area contributed by atoms with Gasteiger partial charge in [-0.25, -0.2) is 0 Å². The molecule has 1 saturated heterocycles. The Morgan fingerprint density at radius 1 is 1.44 bits per heavy atom.